The van der Waals surface area contributed by atoms with Crippen LogP contribution in [0.25, 0.3) is 0 Å². The lowest BCUT2D eigenvalue weighted by Crippen LogP contribution is -2.44. The number of piperidine rings is 2. The second-order valence-electron chi connectivity index (χ2n) is 6.56. The molecule has 1 aromatic rings. The molecule has 2 aliphatic heterocycles. The Labute approximate surface area is 138 Å². The molecule has 1 amide bonds. The third-order valence-corrected chi connectivity index (χ3v) is 5.18. The molecule has 0 saturated carbocycles. The minimum atomic E-state index is 0.250. The van der Waals surface area contributed by atoms with Crippen molar-refractivity contribution in [3.8, 4) is 0 Å². The zero-order valence-corrected chi connectivity index (χ0v) is 13.9. The van der Waals surface area contributed by atoms with Crippen LogP contribution in [-0.2, 0) is 11.3 Å². The van der Waals surface area contributed by atoms with Gasteiger partial charge in [-0.25, -0.2) is 0 Å². The molecular formula is C18H25ClN2O. The molecule has 3 rings (SSSR count). The summed E-state index contributed by atoms with van der Waals surface area (Å²) in [7, 11) is 0. The summed E-state index contributed by atoms with van der Waals surface area (Å²) in [6, 6.07) is 8.08. The third-order valence-electron chi connectivity index (χ3n) is 4.92. The van der Waals surface area contributed by atoms with Gasteiger partial charge in [-0.2, -0.15) is 0 Å². The van der Waals surface area contributed by atoms with Gasteiger partial charge in [0, 0.05) is 30.6 Å². The highest BCUT2D eigenvalue weighted by atomic mass is 35.5. The highest BCUT2D eigenvalue weighted by Crippen LogP contribution is 2.23. The minimum Gasteiger partial charge on any atom is -0.342 e. The van der Waals surface area contributed by atoms with Gasteiger partial charge in [-0.05, 0) is 62.9 Å². The second-order valence-corrected chi connectivity index (χ2v) is 7.00. The van der Waals surface area contributed by atoms with E-state index in [0.29, 0.717) is 5.91 Å². The number of rotatable bonds is 3. The van der Waals surface area contributed by atoms with Crippen molar-refractivity contribution >= 4 is 17.5 Å². The van der Waals surface area contributed by atoms with Crippen LogP contribution in [0.4, 0.5) is 0 Å². The lowest BCUT2D eigenvalue weighted by atomic mass is 9.94. The van der Waals surface area contributed by atoms with E-state index in [0.717, 1.165) is 50.6 Å². The Hall–Kier alpha value is -1.06. The van der Waals surface area contributed by atoms with Gasteiger partial charge in [0.1, 0.15) is 0 Å². The van der Waals surface area contributed by atoms with Crippen LogP contribution in [0.3, 0.4) is 0 Å². The Bertz CT molecular complexity index is 488. The number of amides is 1. The summed E-state index contributed by atoms with van der Waals surface area (Å²) in [5, 5.41) is 0.787. The molecule has 2 fully saturated rings. The molecule has 0 atom stereocenters. The average Bonchev–Trinajstić information content (AvgIpc) is 2.58. The van der Waals surface area contributed by atoms with Crippen LogP contribution >= 0.6 is 11.6 Å². The Morgan fingerprint density at radius 1 is 1.00 bits per heavy atom. The Kier molecular flexibility index (Phi) is 5.37. The fourth-order valence-electron chi connectivity index (χ4n) is 3.56. The number of halogens is 1. The van der Waals surface area contributed by atoms with Crippen molar-refractivity contribution in [2.75, 3.05) is 26.2 Å². The first kappa shape index (κ1) is 15.8. The van der Waals surface area contributed by atoms with Gasteiger partial charge in [-0.15, -0.1) is 0 Å². The van der Waals surface area contributed by atoms with Crippen molar-refractivity contribution in [2.45, 2.75) is 38.6 Å². The summed E-state index contributed by atoms with van der Waals surface area (Å²) in [6.45, 7) is 4.95. The first-order valence-corrected chi connectivity index (χ1v) is 8.86. The Morgan fingerprint density at radius 3 is 2.27 bits per heavy atom. The first-order valence-electron chi connectivity index (χ1n) is 8.48. The smallest absolute Gasteiger partial charge is 0.225 e. The van der Waals surface area contributed by atoms with E-state index in [9.17, 15) is 4.79 Å². The van der Waals surface area contributed by atoms with E-state index in [1.165, 1.54) is 24.8 Å². The maximum atomic E-state index is 12.5. The van der Waals surface area contributed by atoms with Crippen LogP contribution in [0.5, 0.6) is 0 Å². The van der Waals surface area contributed by atoms with Crippen LogP contribution in [0.2, 0.25) is 5.02 Å². The fraction of sp³-hybridized carbons (Fsp3) is 0.611. The van der Waals surface area contributed by atoms with Gasteiger partial charge in [-0.1, -0.05) is 23.7 Å². The van der Waals surface area contributed by atoms with E-state index < -0.39 is 0 Å². The SMILES string of the molecule is O=C(C1CCN(Cc2ccc(Cl)cc2)CC1)N1CCCCC1. The predicted octanol–water partition coefficient (Wildman–Crippen LogP) is 3.56. The predicted molar refractivity (Wildman–Crippen MR) is 89.9 cm³/mol. The molecule has 22 heavy (non-hydrogen) atoms. The molecular weight excluding hydrogens is 296 g/mol. The van der Waals surface area contributed by atoms with Crippen LogP contribution in [0.15, 0.2) is 24.3 Å². The standard InChI is InChI=1S/C18H25ClN2O/c19-17-6-4-15(5-7-17)14-20-12-8-16(9-13-20)18(22)21-10-2-1-3-11-21/h4-7,16H,1-3,8-14H2. The van der Waals surface area contributed by atoms with Crippen LogP contribution in [0, 0.1) is 5.92 Å². The van der Waals surface area contributed by atoms with Crippen LogP contribution in [-0.4, -0.2) is 41.9 Å². The molecule has 2 aliphatic rings. The molecule has 0 bridgehead atoms. The average molecular weight is 321 g/mol. The molecule has 0 spiro atoms. The lowest BCUT2D eigenvalue weighted by molar-refractivity contribution is -0.138. The second kappa shape index (κ2) is 7.47. The summed E-state index contributed by atoms with van der Waals surface area (Å²) < 4.78 is 0. The van der Waals surface area contributed by atoms with Crippen molar-refractivity contribution in [3.05, 3.63) is 34.9 Å². The lowest BCUT2D eigenvalue weighted by Gasteiger charge is -2.35. The number of hydrogen-bond donors (Lipinski definition) is 0. The van der Waals surface area contributed by atoms with E-state index in [2.05, 4.69) is 21.9 Å². The van der Waals surface area contributed by atoms with E-state index in [-0.39, 0.29) is 5.92 Å². The van der Waals surface area contributed by atoms with Gasteiger partial charge in [0.25, 0.3) is 0 Å². The largest absolute Gasteiger partial charge is 0.342 e. The summed E-state index contributed by atoms with van der Waals surface area (Å²) in [4.78, 5) is 17.1. The normalized spacial score (nSPS) is 21.0. The zero-order chi connectivity index (χ0) is 15.4. The quantitative estimate of drug-likeness (QED) is 0.850. The number of hydrogen-bond acceptors (Lipinski definition) is 2. The Balaban J connectivity index is 1.47. The van der Waals surface area contributed by atoms with Crippen molar-refractivity contribution in [1.29, 1.82) is 0 Å². The zero-order valence-electron chi connectivity index (χ0n) is 13.1. The molecule has 120 valence electrons. The Morgan fingerprint density at radius 2 is 1.64 bits per heavy atom. The molecule has 0 aliphatic carbocycles. The number of carbonyl (C=O) groups excluding carboxylic acids is 1. The highest BCUT2D eigenvalue weighted by Gasteiger charge is 2.29. The first-order chi connectivity index (χ1) is 10.7. The van der Waals surface area contributed by atoms with Gasteiger partial charge in [-0.3, -0.25) is 9.69 Å². The number of benzene rings is 1. The van der Waals surface area contributed by atoms with Crippen molar-refractivity contribution in [1.82, 2.24) is 9.80 Å². The molecule has 0 unspecified atom stereocenters. The summed E-state index contributed by atoms with van der Waals surface area (Å²) in [5.74, 6) is 0.658. The molecule has 4 heteroatoms. The maximum absolute atomic E-state index is 12.5. The highest BCUT2D eigenvalue weighted by molar-refractivity contribution is 6.30. The molecule has 1 aromatic carbocycles. The van der Waals surface area contributed by atoms with Gasteiger partial charge < -0.3 is 4.90 Å². The van der Waals surface area contributed by atoms with E-state index in [1.807, 2.05) is 12.1 Å². The van der Waals surface area contributed by atoms with Crippen molar-refractivity contribution in [2.24, 2.45) is 5.92 Å². The number of likely N-dealkylation sites (tertiary alicyclic amines) is 2. The summed E-state index contributed by atoms with van der Waals surface area (Å²) in [6.07, 6.45) is 5.65. The van der Waals surface area contributed by atoms with Crippen molar-refractivity contribution < 1.29 is 4.79 Å². The van der Waals surface area contributed by atoms with E-state index in [4.69, 9.17) is 11.6 Å². The minimum absolute atomic E-state index is 0.250. The maximum Gasteiger partial charge on any atom is 0.225 e. The van der Waals surface area contributed by atoms with Gasteiger partial charge in [0.15, 0.2) is 0 Å². The molecule has 3 nitrogen and oxygen atoms in total. The van der Waals surface area contributed by atoms with Gasteiger partial charge in [0.05, 0.1) is 0 Å². The molecule has 2 heterocycles. The molecule has 0 radical (unpaired) electrons. The topological polar surface area (TPSA) is 23.6 Å². The van der Waals surface area contributed by atoms with E-state index >= 15 is 0 Å². The van der Waals surface area contributed by atoms with Crippen LogP contribution < -0.4 is 0 Å². The van der Waals surface area contributed by atoms with Crippen LogP contribution in [0.1, 0.15) is 37.7 Å². The molecule has 2 saturated heterocycles. The van der Waals surface area contributed by atoms with Gasteiger partial charge in [0.2, 0.25) is 5.91 Å². The van der Waals surface area contributed by atoms with E-state index in [1.54, 1.807) is 0 Å². The number of carbonyl (C=O) groups is 1. The molecule has 0 aromatic heterocycles. The summed E-state index contributed by atoms with van der Waals surface area (Å²) in [5.41, 5.74) is 1.30. The summed E-state index contributed by atoms with van der Waals surface area (Å²) >= 11 is 5.93. The van der Waals surface area contributed by atoms with Gasteiger partial charge >= 0.3 is 0 Å². The number of nitrogens with zero attached hydrogens (tertiary/aromatic N) is 2. The molecule has 0 N–H and O–H groups in total. The monoisotopic (exact) mass is 320 g/mol. The third kappa shape index (κ3) is 4.02. The fourth-order valence-corrected chi connectivity index (χ4v) is 3.68. The van der Waals surface area contributed by atoms with Crippen molar-refractivity contribution in [3.63, 3.8) is 0 Å².